The molecule has 3 nitrogen and oxygen atoms in total. The molecule has 104 valence electrons. The van der Waals surface area contributed by atoms with Gasteiger partial charge < -0.3 is 4.74 Å². The summed E-state index contributed by atoms with van der Waals surface area (Å²) in [6.45, 7) is 3.52. The monoisotopic (exact) mass is 325 g/mol. The maximum Gasteiger partial charge on any atom is 0.333 e. The summed E-state index contributed by atoms with van der Waals surface area (Å²) in [5.74, 6) is -0.238. The second kappa shape index (κ2) is 8.12. The molecule has 0 unspecified atom stereocenters. The van der Waals surface area contributed by atoms with Crippen LogP contribution in [-0.2, 0) is 16.1 Å². The zero-order valence-corrected chi connectivity index (χ0v) is 13.2. The second-order valence-electron chi connectivity index (χ2n) is 4.40. The van der Waals surface area contributed by atoms with Crippen LogP contribution in [0, 0.1) is 0 Å². The standard InChI is InChI=1S/C15H20BrNO2/c1-4-13(15(18)19-3)8-9-17(2)11-12-6-5-7-14(16)10-12/h5-8,10H,4,9,11H2,1-3H3. The molecule has 4 heteroatoms. The van der Waals surface area contributed by atoms with Gasteiger partial charge in [0.05, 0.1) is 7.11 Å². The molecule has 0 N–H and O–H groups in total. The van der Waals surface area contributed by atoms with E-state index in [0.29, 0.717) is 6.42 Å². The van der Waals surface area contributed by atoms with E-state index in [0.717, 1.165) is 23.1 Å². The highest BCUT2D eigenvalue weighted by Crippen LogP contribution is 2.13. The zero-order valence-electron chi connectivity index (χ0n) is 11.6. The molecule has 19 heavy (non-hydrogen) atoms. The Kier molecular flexibility index (Phi) is 6.81. The summed E-state index contributed by atoms with van der Waals surface area (Å²) in [6, 6.07) is 8.22. The fourth-order valence-electron chi connectivity index (χ4n) is 1.78. The third-order valence-electron chi connectivity index (χ3n) is 2.82. The predicted molar refractivity (Wildman–Crippen MR) is 80.9 cm³/mol. The van der Waals surface area contributed by atoms with Crippen molar-refractivity contribution in [2.75, 3.05) is 20.7 Å². The summed E-state index contributed by atoms with van der Waals surface area (Å²) in [4.78, 5) is 13.6. The predicted octanol–water partition coefficient (Wildman–Crippen LogP) is 3.39. The molecule has 0 amide bonds. The van der Waals surface area contributed by atoms with Crippen LogP contribution >= 0.6 is 15.9 Å². The number of likely N-dealkylation sites (N-methyl/N-ethyl adjacent to an activating group) is 1. The maximum absolute atomic E-state index is 11.4. The fraction of sp³-hybridized carbons (Fsp3) is 0.400. The van der Waals surface area contributed by atoms with E-state index in [1.807, 2.05) is 32.2 Å². The van der Waals surface area contributed by atoms with E-state index in [4.69, 9.17) is 4.74 Å². The van der Waals surface area contributed by atoms with Crippen molar-refractivity contribution in [2.45, 2.75) is 19.9 Å². The van der Waals surface area contributed by atoms with Gasteiger partial charge in [0.1, 0.15) is 0 Å². The minimum atomic E-state index is -0.238. The summed E-state index contributed by atoms with van der Waals surface area (Å²) in [5, 5.41) is 0. The van der Waals surface area contributed by atoms with Crippen LogP contribution in [0.1, 0.15) is 18.9 Å². The topological polar surface area (TPSA) is 29.5 Å². The highest BCUT2D eigenvalue weighted by molar-refractivity contribution is 9.10. The van der Waals surface area contributed by atoms with Gasteiger partial charge in [0.15, 0.2) is 0 Å². The summed E-state index contributed by atoms with van der Waals surface area (Å²) < 4.78 is 5.82. The number of carbonyl (C=O) groups excluding carboxylic acids is 1. The van der Waals surface area contributed by atoms with Crippen molar-refractivity contribution in [3.8, 4) is 0 Å². The second-order valence-corrected chi connectivity index (χ2v) is 5.32. The van der Waals surface area contributed by atoms with Gasteiger partial charge in [-0.25, -0.2) is 4.79 Å². The largest absolute Gasteiger partial charge is 0.466 e. The number of halogens is 1. The minimum Gasteiger partial charge on any atom is -0.466 e. The lowest BCUT2D eigenvalue weighted by Crippen LogP contribution is -2.19. The van der Waals surface area contributed by atoms with E-state index in [9.17, 15) is 4.79 Å². The van der Waals surface area contributed by atoms with Gasteiger partial charge in [-0.15, -0.1) is 0 Å². The molecule has 0 aliphatic rings. The third-order valence-corrected chi connectivity index (χ3v) is 3.31. The lowest BCUT2D eigenvalue weighted by Gasteiger charge is -2.15. The highest BCUT2D eigenvalue weighted by atomic mass is 79.9. The van der Waals surface area contributed by atoms with Crippen molar-refractivity contribution in [1.82, 2.24) is 4.90 Å². The number of carbonyl (C=O) groups is 1. The zero-order chi connectivity index (χ0) is 14.3. The Labute approximate surface area is 123 Å². The van der Waals surface area contributed by atoms with Crippen molar-refractivity contribution < 1.29 is 9.53 Å². The molecule has 0 aromatic heterocycles. The average molecular weight is 326 g/mol. The lowest BCUT2D eigenvalue weighted by atomic mass is 10.2. The first-order valence-corrected chi connectivity index (χ1v) is 7.06. The quantitative estimate of drug-likeness (QED) is 0.593. The minimum absolute atomic E-state index is 0.238. The normalized spacial score (nSPS) is 11.7. The Morgan fingerprint density at radius 1 is 1.47 bits per heavy atom. The van der Waals surface area contributed by atoms with Gasteiger partial charge in [-0.05, 0) is 31.2 Å². The molecular formula is C15H20BrNO2. The van der Waals surface area contributed by atoms with Crippen molar-refractivity contribution in [3.05, 3.63) is 46.0 Å². The van der Waals surface area contributed by atoms with Crippen LogP contribution in [0.5, 0.6) is 0 Å². The average Bonchev–Trinajstić information content (AvgIpc) is 2.39. The Morgan fingerprint density at radius 3 is 2.79 bits per heavy atom. The lowest BCUT2D eigenvalue weighted by molar-refractivity contribution is -0.136. The number of ether oxygens (including phenoxy) is 1. The van der Waals surface area contributed by atoms with Crippen LogP contribution in [0.15, 0.2) is 40.4 Å². The van der Waals surface area contributed by atoms with Crippen molar-refractivity contribution >= 4 is 21.9 Å². The van der Waals surface area contributed by atoms with Gasteiger partial charge in [-0.2, -0.15) is 0 Å². The van der Waals surface area contributed by atoms with Crippen LogP contribution in [0.4, 0.5) is 0 Å². The van der Waals surface area contributed by atoms with E-state index < -0.39 is 0 Å². The van der Waals surface area contributed by atoms with E-state index in [-0.39, 0.29) is 5.97 Å². The van der Waals surface area contributed by atoms with Crippen LogP contribution in [0.3, 0.4) is 0 Å². The number of nitrogens with zero attached hydrogens (tertiary/aromatic N) is 1. The van der Waals surface area contributed by atoms with Gasteiger partial charge in [0.25, 0.3) is 0 Å². The molecule has 0 heterocycles. The molecule has 0 saturated heterocycles. The van der Waals surface area contributed by atoms with Crippen LogP contribution in [0.2, 0.25) is 0 Å². The highest BCUT2D eigenvalue weighted by Gasteiger charge is 2.07. The molecule has 0 spiro atoms. The summed E-state index contributed by atoms with van der Waals surface area (Å²) in [7, 11) is 3.44. The van der Waals surface area contributed by atoms with Gasteiger partial charge in [0, 0.05) is 23.1 Å². The van der Waals surface area contributed by atoms with Crippen molar-refractivity contribution in [1.29, 1.82) is 0 Å². The van der Waals surface area contributed by atoms with E-state index >= 15 is 0 Å². The molecule has 0 radical (unpaired) electrons. The Bertz CT molecular complexity index is 457. The van der Waals surface area contributed by atoms with Crippen molar-refractivity contribution in [2.24, 2.45) is 0 Å². The fourth-order valence-corrected chi connectivity index (χ4v) is 2.23. The molecule has 0 aliphatic carbocycles. The number of esters is 1. The first-order valence-electron chi connectivity index (χ1n) is 6.27. The van der Waals surface area contributed by atoms with Gasteiger partial charge in [-0.3, -0.25) is 4.90 Å². The Morgan fingerprint density at radius 2 is 2.21 bits per heavy atom. The van der Waals surface area contributed by atoms with Crippen molar-refractivity contribution in [3.63, 3.8) is 0 Å². The Balaban J connectivity index is 2.57. The number of rotatable bonds is 6. The summed E-state index contributed by atoms with van der Waals surface area (Å²) in [5.41, 5.74) is 1.96. The first-order chi connectivity index (χ1) is 9.06. The van der Waals surface area contributed by atoms with Crippen LogP contribution in [-0.4, -0.2) is 31.6 Å². The third kappa shape index (κ3) is 5.57. The van der Waals surface area contributed by atoms with Crippen LogP contribution < -0.4 is 0 Å². The van der Waals surface area contributed by atoms with E-state index in [1.165, 1.54) is 12.7 Å². The molecule has 1 rings (SSSR count). The van der Waals surface area contributed by atoms with Gasteiger partial charge in [0.2, 0.25) is 0 Å². The van der Waals surface area contributed by atoms with Crippen LogP contribution in [0.25, 0.3) is 0 Å². The maximum atomic E-state index is 11.4. The van der Waals surface area contributed by atoms with Gasteiger partial charge >= 0.3 is 5.97 Å². The molecule has 0 aliphatic heterocycles. The summed E-state index contributed by atoms with van der Waals surface area (Å²) >= 11 is 3.46. The first kappa shape index (κ1) is 15.9. The number of hydrogen-bond donors (Lipinski definition) is 0. The van der Waals surface area contributed by atoms with Gasteiger partial charge in [-0.1, -0.05) is 41.1 Å². The number of benzene rings is 1. The molecule has 1 aromatic rings. The summed E-state index contributed by atoms with van der Waals surface area (Å²) in [6.07, 6.45) is 2.63. The molecule has 0 bridgehead atoms. The van der Waals surface area contributed by atoms with E-state index in [1.54, 1.807) is 0 Å². The molecule has 1 aromatic carbocycles. The number of methoxy groups -OCH3 is 1. The van der Waals surface area contributed by atoms with E-state index in [2.05, 4.69) is 33.0 Å². The molecular weight excluding hydrogens is 306 g/mol. The molecule has 0 fully saturated rings. The Hall–Kier alpha value is -1.13. The smallest absolute Gasteiger partial charge is 0.333 e. The SMILES string of the molecule is CCC(=CCN(C)Cc1cccc(Br)c1)C(=O)OC. The molecule has 0 saturated carbocycles. The molecule has 0 atom stereocenters. The number of hydrogen-bond acceptors (Lipinski definition) is 3.